The van der Waals surface area contributed by atoms with Gasteiger partial charge in [-0.3, -0.25) is 4.79 Å². The number of amides is 1. The van der Waals surface area contributed by atoms with Crippen LogP contribution in [0, 0.1) is 17.7 Å². The van der Waals surface area contributed by atoms with Crippen molar-refractivity contribution in [3.05, 3.63) is 35.6 Å². The Labute approximate surface area is 132 Å². The molecule has 1 heterocycles. The molecule has 0 aliphatic carbocycles. The Morgan fingerprint density at radius 2 is 2.27 bits per heavy atom. The summed E-state index contributed by atoms with van der Waals surface area (Å²) in [7, 11) is 0. The highest BCUT2D eigenvalue weighted by Crippen LogP contribution is 2.24. The van der Waals surface area contributed by atoms with Gasteiger partial charge in [0.15, 0.2) is 0 Å². The van der Waals surface area contributed by atoms with E-state index in [1.165, 1.54) is 25.0 Å². The first-order valence-corrected chi connectivity index (χ1v) is 8.16. The van der Waals surface area contributed by atoms with E-state index in [-0.39, 0.29) is 11.7 Å². The van der Waals surface area contributed by atoms with E-state index < -0.39 is 5.54 Å². The van der Waals surface area contributed by atoms with Crippen LogP contribution in [0.25, 0.3) is 0 Å². The molecule has 0 saturated carbocycles. The van der Waals surface area contributed by atoms with Crippen molar-refractivity contribution in [2.75, 3.05) is 13.1 Å². The molecule has 1 saturated heterocycles. The maximum Gasteiger partial charge on any atom is 0.220 e. The lowest BCUT2D eigenvalue weighted by atomic mass is 9.85. The Morgan fingerprint density at radius 1 is 1.50 bits per heavy atom. The summed E-state index contributed by atoms with van der Waals surface area (Å²) in [5.41, 5.74) is 0.219. The Morgan fingerprint density at radius 3 is 2.91 bits per heavy atom. The number of carbonyl (C=O) groups is 1. The molecular weight excluding hydrogens is 279 g/mol. The number of hydrogen-bond acceptors (Lipinski definition) is 2. The number of carbonyl (C=O) groups excluding carboxylic acids is 1. The van der Waals surface area contributed by atoms with Crippen molar-refractivity contribution in [3.63, 3.8) is 0 Å². The van der Waals surface area contributed by atoms with Gasteiger partial charge in [-0.15, -0.1) is 0 Å². The van der Waals surface area contributed by atoms with Gasteiger partial charge in [-0.25, -0.2) is 4.39 Å². The molecule has 2 atom stereocenters. The maximum absolute atomic E-state index is 13.4. The summed E-state index contributed by atoms with van der Waals surface area (Å²) in [4.78, 5) is 12.3. The summed E-state index contributed by atoms with van der Waals surface area (Å²) in [6.45, 7) is 8.05. The third-order valence-electron chi connectivity index (χ3n) is 4.65. The fourth-order valence-electron chi connectivity index (χ4n) is 3.17. The van der Waals surface area contributed by atoms with E-state index >= 15 is 0 Å². The second-order valence-electron chi connectivity index (χ2n) is 6.97. The smallest absolute Gasteiger partial charge is 0.220 e. The highest BCUT2D eigenvalue weighted by molar-refractivity contribution is 5.77. The summed E-state index contributed by atoms with van der Waals surface area (Å²) in [6, 6.07) is 6.42. The first-order chi connectivity index (χ1) is 10.4. The normalized spacial score (nSPS) is 20.5. The fourth-order valence-corrected chi connectivity index (χ4v) is 3.17. The molecule has 1 fully saturated rings. The number of benzene rings is 1. The molecule has 1 amide bonds. The van der Waals surface area contributed by atoms with E-state index in [1.807, 2.05) is 19.9 Å². The Hall–Kier alpha value is -1.42. The van der Waals surface area contributed by atoms with E-state index in [9.17, 15) is 9.18 Å². The third-order valence-corrected chi connectivity index (χ3v) is 4.65. The molecule has 0 radical (unpaired) electrons. The first kappa shape index (κ1) is 16.9. The summed E-state index contributed by atoms with van der Waals surface area (Å²) < 4.78 is 13.4. The van der Waals surface area contributed by atoms with Crippen molar-refractivity contribution in [1.29, 1.82) is 0 Å². The van der Waals surface area contributed by atoms with Gasteiger partial charge in [0.2, 0.25) is 5.91 Å². The zero-order valence-electron chi connectivity index (χ0n) is 13.8. The lowest BCUT2D eigenvalue weighted by Gasteiger charge is -2.31. The van der Waals surface area contributed by atoms with Gasteiger partial charge in [0.25, 0.3) is 0 Å². The average molecular weight is 306 g/mol. The predicted molar refractivity (Wildman–Crippen MR) is 86.9 cm³/mol. The van der Waals surface area contributed by atoms with Crippen LogP contribution >= 0.6 is 0 Å². The second-order valence-corrected chi connectivity index (χ2v) is 6.97. The van der Waals surface area contributed by atoms with Gasteiger partial charge in [0.1, 0.15) is 5.82 Å². The molecule has 22 heavy (non-hydrogen) atoms. The first-order valence-electron chi connectivity index (χ1n) is 8.16. The van der Waals surface area contributed by atoms with Gasteiger partial charge in [0.05, 0.1) is 5.54 Å². The Bertz CT molecular complexity index is 510. The summed E-state index contributed by atoms with van der Waals surface area (Å²) in [5.74, 6) is 0.682. The number of hydrogen-bond donors (Lipinski definition) is 2. The number of nitrogens with one attached hydrogen (secondary N) is 2. The highest BCUT2D eigenvalue weighted by Gasteiger charge is 2.26. The molecule has 4 heteroatoms. The molecule has 0 spiro atoms. The second kappa shape index (κ2) is 7.23. The van der Waals surface area contributed by atoms with Crippen LogP contribution in [0.15, 0.2) is 24.3 Å². The third kappa shape index (κ3) is 4.54. The van der Waals surface area contributed by atoms with E-state index in [1.54, 1.807) is 6.07 Å². The Balaban J connectivity index is 1.92. The van der Waals surface area contributed by atoms with Crippen molar-refractivity contribution in [3.8, 4) is 0 Å². The van der Waals surface area contributed by atoms with Crippen molar-refractivity contribution >= 4 is 5.91 Å². The average Bonchev–Trinajstić information content (AvgIpc) is 2.47. The van der Waals surface area contributed by atoms with Crippen molar-refractivity contribution in [2.24, 2.45) is 11.8 Å². The molecule has 1 aromatic rings. The molecule has 1 aromatic carbocycles. The van der Waals surface area contributed by atoms with Crippen molar-refractivity contribution < 1.29 is 9.18 Å². The fraction of sp³-hybridized carbons (Fsp3) is 0.611. The molecule has 0 aromatic heterocycles. The number of rotatable bonds is 5. The summed E-state index contributed by atoms with van der Waals surface area (Å²) in [6.07, 6.45) is 2.89. The monoisotopic (exact) mass is 306 g/mol. The zero-order chi connectivity index (χ0) is 16.2. The zero-order valence-corrected chi connectivity index (χ0v) is 13.8. The molecular formula is C18H27FN2O. The van der Waals surface area contributed by atoms with Gasteiger partial charge in [0, 0.05) is 6.42 Å². The maximum atomic E-state index is 13.4. The molecule has 122 valence electrons. The minimum absolute atomic E-state index is 0.0346. The molecule has 1 aliphatic heterocycles. The van der Waals surface area contributed by atoms with Gasteiger partial charge in [-0.05, 0) is 69.3 Å². The van der Waals surface area contributed by atoms with Crippen LogP contribution in [0.1, 0.15) is 45.6 Å². The molecule has 2 N–H and O–H groups in total. The van der Waals surface area contributed by atoms with E-state index in [4.69, 9.17) is 0 Å². The lowest BCUT2D eigenvalue weighted by Crippen LogP contribution is -2.42. The minimum Gasteiger partial charge on any atom is -0.347 e. The van der Waals surface area contributed by atoms with Crippen molar-refractivity contribution in [1.82, 2.24) is 10.6 Å². The SMILES string of the molecule is CC(CC(=O)NC(C)(C)c1cccc(F)c1)C1CCCNC1. The van der Waals surface area contributed by atoms with Crippen molar-refractivity contribution in [2.45, 2.75) is 45.6 Å². The predicted octanol–water partition coefficient (Wildman–Crippen LogP) is 3.20. The quantitative estimate of drug-likeness (QED) is 0.877. The van der Waals surface area contributed by atoms with Gasteiger partial charge < -0.3 is 10.6 Å². The van der Waals surface area contributed by atoms with Gasteiger partial charge in [-0.1, -0.05) is 19.1 Å². The molecule has 2 rings (SSSR count). The van der Waals surface area contributed by atoms with Crippen LogP contribution in [-0.2, 0) is 10.3 Å². The number of piperidine rings is 1. The topological polar surface area (TPSA) is 41.1 Å². The summed E-state index contributed by atoms with van der Waals surface area (Å²) in [5, 5.41) is 6.44. The molecule has 1 aliphatic rings. The summed E-state index contributed by atoms with van der Waals surface area (Å²) >= 11 is 0. The van der Waals surface area contributed by atoms with Crippen LogP contribution < -0.4 is 10.6 Å². The Kier molecular flexibility index (Phi) is 5.57. The van der Waals surface area contributed by atoms with E-state index in [0.29, 0.717) is 18.3 Å². The molecule has 3 nitrogen and oxygen atoms in total. The minimum atomic E-state index is -0.566. The molecule has 0 bridgehead atoms. The van der Waals surface area contributed by atoms with Crippen LogP contribution in [0.3, 0.4) is 0 Å². The highest BCUT2D eigenvalue weighted by atomic mass is 19.1. The molecule has 2 unspecified atom stereocenters. The van der Waals surface area contributed by atoms with Gasteiger partial charge >= 0.3 is 0 Å². The van der Waals surface area contributed by atoms with Crippen LogP contribution in [0.2, 0.25) is 0 Å². The van der Waals surface area contributed by atoms with Gasteiger partial charge in [-0.2, -0.15) is 0 Å². The lowest BCUT2D eigenvalue weighted by molar-refractivity contribution is -0.124. The van der Waals surface area contributed by atoms with Crippen LogP contribution in [-0.4, -0.2) is 19.0 Å². The largest absolute Gasteiger partial charge is 0.347 e. The van der Waals surface area contributed by atoms with Crippen LogP contribution in [0.4, 0.5) is 4.39 Å². The number of halogens is 1. The van der Waals surface area contributed by atoms with Crippen LogP contribution in [0.5, 0.6) is 0 Å². The van der Waals surface area contributed by atoms with E-state index in [2.05, 4.69) is 17.6 Å². The standard InChI is InChI=1S/C18H27FN2O/c1-13(14-6-5-9-20-12-14)10-17(22)21-18(2,3)15-7-4-8-16(19)11-15/h4,7-8,11,13-14,20H,5-6,9-10,12H2,1-3H3,(H,21,22). The van der Waals surface area contributed by atoms with E-state index in [0.717, 1.165) is 18.7 Å².